The Hall–Kier alpha value is -1.96. The molecule has 0 aromatic carbocycles. The number of nitrogens with zero attached hydrogens (tertiary/aromatic N) is 2. The molecule has 1 amide bonds. The van der Waals surface area contributed by atoms with Crippen LogP contribution in [0.5, 0.6) is 0 Å². The Morgan fingerprint density at radius 1 is 1.25 bits per heavy atom. The van der Waals surface area contributed by atoms with Gasteiger partial charge in [-0.3, -0.25) is 4.79 Å². The average Bonchev–Trinajstić information content (AvgIpc) is 2.42. The van der Waals surface area contributed by atoms with Gasteiger partial charge in [0.1, 0.15) is 11.2 Å². The molecule has 1 fully saturated rings. The summed E-state index contributed by atoms with van der Waals surface area (Å²) < 4.78 is 13.0. The van der Waals surface area contributed by atoms with Crippen LogP contribution < -0.4 is 5.32 Å². The van der Waals surface area contributed by atoms with Gasteiger partial charge in [-0.15, -0.1) is 0 Å². The third kappa shape index (κ3) is 3.53. The van der Waals surface area contributed by atoms with Crippen LogP contribution in [0.2, 0.25) is 0 Å². The van der Waals surface area contributed by atoms with Gasteiger partial charge in [0.2, 0.25) is 5.95 Å². The van der Waals surface area contributed by atoms with Gasteiger partial charge < -0.3 is 5.32 Å². The van der Waals surface area contributed by atoms with Crippen molar-refractivity contribution in [3.63, 3.8) is 0 Å². The minimum Gasteiger partial charge on any atom is -0.332 e. The van der Waals surface area contributed by atoms with Crippen LogP contribution in [-0.2, 0) is 0 Å². The number of hydrogen-bond donors (Lipinski definition) is 1. The van der Waals surface area contributed by atoms with Crippen molar-refractivity contribution in [2.45, 2.75) is 50.5 Å². The molecule has 1 aromatic heterocycles. The maximum atomic E-state index is 13.0. The zero-order chi connectivity index (χ0) is 14.4. The van der Waals surface area contributed by atoms with E-state index < -0.39 is 17.4 Å². The minimum absolute atomic E-state index is 0.0154. The van der Waals surface area contributed by atoms with E-state index in [0.717, 1.165) is 25.7 Å². The van der Waals surface area contributed by atoms with E-state index in [-0.39, 0.29) is 5.69 Å². The molecule has 106 valence electrons. The Labute approximate surface area is 118 Å². The van der Waals surface area contributed by atoms with Gasteiger partial charge in [-0.1, -0.05) is 38.2 Å². The van der Waals surface area contributed by atoms with Crippen molar-refractivity contribution >= 4 is 5.91 Å². The predicted molar refractivity (Wildman–Crippen MR) is 72.3 cm³/mol. The fourth-order valence-electron chi connectivity index (χ4n) is 2.59. The molecule has 0 radical (unpaired) electrons. The van der Waals surface area contributed by atoms with Gasteiger partial charge in [0.25, 0.3) is 5.91 Å². The van der Waals surface area contributed by atoms with Gasteiger partial charge in [0.05, 0.1) is 6.07 Å². The highest BCUT2D eigenvalue weighted by Crippen LogP contribution is 2.26. The second kappa shape index (κ2) is 6.47. The van der Waals surface area contributed by atoms with Crippen molar-refractivity contribution < 1.29 is 9.18 Å². The summed E-state index contributed by atoms with van der Waals surface area (Å²) in [6.07, 6.45) is 6.47. The second-order valence-corrected chi connectivity index (χ2v) is 5.26. The smallest absolute Gasteiger partial charge is 0.271 e. The van der Waals surface area contributed by atoms with Crippen LogP contribution in [0.3, 0.4) is 0 Å². The standard InChI is InChI=1S/C15H18FN3O/c16-13-8-6-7-12(18-13)14(20)19-15(11-17)9-4-2-1-3-5-10-15/h6-8H,1-5,9-10H2,(H,19,20). The van der Waals surface area contributed by atoms with E-state index in [4.69, 9.17) is 0 Å². The number of hydrogen-bond acceptors (Lipinski definition) is 3. The number of nitriles is 1. The topological polar surface area (TPSA) is 65.8 Å². The van der Waals surface area contributed by atoms with Gasteiger partial charge in [0.15, 0.2) is 0 Å². The molecule has 0 spiro atoms. The predicted octanol–water partition coefficient (Wildman–Crippen LogP) is 2.96. The van der Waals surface area contributed by atoms with Gasteiger partial charge in [-0.05, 0) is 25.0 Å². The van der Waals surface area contributed by atoms with E-state index in [0.29, 0.717) is 12.8 Å². The van der Waals surface area contributed by atoms with Gasteiger partial charge in [-0.25, -0.2) is 4.98 Å². The first-order valence-corrected chi connectivity index (χ1v) is 7.02. The second-order valence-electron chi connectivity index (χ2n) is 5.26. The quantitative estimate of drug-likeness (QED) is 0.844. The molecular weight excluding hydrogens is 257 g/mol. The largest absolute Gasteiger partial charge is 0.332 e. The maximum Gasteiger partial charge on any atom is 0.271 e. The SMILES string of the molecule is N#CC1(NC(=O)c2cccc(F)n2)CCCCCCC1. The lowest BCUT2D eigenvalue weighted by molar-refractivity contribution is 0.0901. The van der Waals surface area contributed by atoms with Crippen LogP contribution >= 0.6 is 0 Å². The Morgan fingerprint density at radius 2 is 1.90 bits per heavy atom. The molecule has 5 heteroatoms. The number of pyridine rings is 1. The highest BCUT2D eigenvalue weighted by Gasteiger charge is 2.32. The summed E-state index contributed by atoms with van der Waals surface area (Å²) in [7, 11) is 0. The normalized spacial score (nSPS) is 18.4. The van der Waals surface area contributed by atoms with Crippen molar-refractivity contribution in [3.05, 3.63) is 29.8 Å². The first-order valence-electron chi connectivity index (χ1n) is 7.02. The summed E-state index contributed by atoms with van der Waals surface area (Å²) in [5, 5.41) is 12.2. The fraction of sp³-hybridized carbons (Fsp3) is 0.533. The molecule has 2 rings (SSSR count). The van der Waals surface area contributed by atoms with E-state index in [2.05, 4.69) is 16.4 Å². The maximum absolute atomic E-state index is 13.0. The lowest BCUT2D eigenvalue weighted by Gasteiger charge is -2.29. The third-order valence-electron chi connectivity index (χ3n) is 3.72. The molecule has 0 unspecified atom stereocenters. The Kier molecular flexibility index (Phi) is 4.67. The number of carbonyl (C=O) groups is 1. The number of rotatable bonds is 2. The van der Waals surface area contributed by atoms with Crippen LogP contribution in [0.4, 0.5) is 4.39 Å². The van der Waals surface area contributed by atoms with Crippen LogP contribution in [0.25, 0.3) is 0 Å². The highest BCUT2D eigenvalue weighted by molar-refractivity contribution is 5.93. The van der Waals surface area contributed by atoms with Crippen LogP contribution in [0.1, 0.15) is 55.4 Å². The number of aromatic nitrogens is 1. The monoisotopic (exact) mass is 275 g/mol. The van der Waals surface area contributed by atoms with Gasteiger partial charge in [0, 0.05) is 0 Å². The number of amides is 1. The molecule has 4 nitrogen and oxygen atoms in total. The van der Waals surface area contributed by atoms with Crippen molar-refractivity contribution in [3.8, 4) is 6.07 Å². The highest BCUT2D eigenvalue weighted by atomic mass is 19.1. The van der Waals surface area contributed by atoms with Gasteiger partial charge >= 0.3 is 0 Å². The van der Waals surface area contributed by atoms with E-state index in [9.17, 15) is 14.4 Å². The van der Waals surface area contributed by atoms with E-state index in [1.165, 1.54) is 24.6 Å². The summed E-state index contributed by atoms with van der Waals surface area (Å²) >= 11 is 0. The molecule has 20 heavy (non-hydrogen) atoms. The molecule has 1 aliphatic rings. The van der Waals surface area contributed by atoms with Crippen LogP contribution in [0.15, 0.2) is 18.2 Å². The Morgan fingerprint density at radius 3 is 2.50 bits per heavy atom. The molecule has 1 saturated carbocycles. The summed E-state index contributed by atoms with van der Waals surface area (Å²) in [6.45, 7) is 0. The summed E-state index contributed by atoms with van der Waals surface area (Å²) in [6, 6.07) is 6.32. The molecule has 0 saturated heterocycles. The molecule has 0 aliphatic heterocycles. The lowest BCUT2D eigenvalue weighted by Crippen LogP contribution is -2.48. The van der Waals surface area contributed by atoms with Crippen molar-refractivity contribution in [2.75, 3.05) is 0 Å². The Bertz CT molecular complexity index is 516. The summed E-state index contributed by atoms with van der Waals surface area (Å²) in [5.74, 6) is -1.17. The van der Waals surface area contributed by atoms with Gasteiger partial charge in [-0.2, -0.15) is 9.65 Å². The number of halogens is 1. The lowest BCUT2D eigenvalue weighted by atomic mass is 9.85. The van der Waals surface area contributed by atoms with Crippen molar-refractivity contribution in [2.24, 2.45) is 0 Å². The minimum atomic E-state index is -0.842. The molecule has 1 heterocycles. The third-order valence-corrected chi connectivity index (χ3v) is 3.72. The summed E-state index contributed by atoms with van der Waals surface area (Å²) in [5.41, 5.74) is -0.826. The first kappa shape index (κ1) is 14.4. The average molecular weight is 275 g/mol. The number of nitrogens with one attached hydrogen (secondary N) is 1. The van der Waals surface area contributed by atoms with Crippen molar-refractivity contribution in [1.82, 2.24) is 10.3 Å². The molecule has 1 aromatic rings. The fourth-order valence-corrected chi connectivity index (χ4v) is 2.59. The zero-order valence-electron chi connectivity index (χ0n) is 11.4. The zero-order valence-corrected chi connectivity index (χ0v) is 11.4. The molecule has 1 N–H and O–H groups in total. The molecular formula is C15H18FN3O. The summed E-state index contributed by atoms with van der Waals surface area (Å²) in [4.78, 5) is 15.7. The van der Waals surface area contributed by atoms with Crippen molar-refractivity contribution in [1.29, 1.82) is 5.26 Å². The Balaban J connectivity index is 2.12. The van der Waals surface area contributed by atoms with E-state index in [1.807, 2.05) is 0 Å². The van der Waals surface area contributed by atoms with E-state index in [1.54, 1.807) is 0 Å². The number of carbonyl (C=O) groups excluding carboxylic acids is 1. The van der Waals surface area contributed by atoms with Crippen LogP contribution in [0, 0.1) is 17.3 Å². The van der Waals surface area contributed by atoms with E-state index >= 15 is 0 Å². The van der Waals surface area contributed by atoms with Crippen LogP contribution in [-0.4, -0.2) is 16.4 Å². The molecule has 0 atom stereocenters. The first-order chi connectivity index (χ1) is 9.65. The molecule has 1 aliphatic carbocycles. The molecule has 0 bridgehead atoms.